The first-order valence-electron chi connectivity index (χ1n) is 7.11. The van der Waals surface area contributed by atoms with Crippen LogP contribution >= 0.6 is 0 Å². The van der Waals surface area contributed by atoms with Gasteiger partial charge in [-0.05, 0) is 55.3 Å². The topological polar surface area (TPSA) is 29.3 Å². The van der Waals surface area contributed by atoms with Gasteiger partial charge in [0.25, 0.3) is 0 Å². The summed E-state index contributed by atoms with van der Waals surface area (Å²) in [5, 5.41) is 7.74. The van der Waals surface area contributed by atoms with E-state index in [-0.39, 0.29) is 5.82 Å². The molecule has 0 radical (unpaired) electrons. The van der Waals surface area contributed by atoms with Crippen molar-refractivity contribution < 1.29 is 4.39 Å². The van der Waals surface area contributed by atoms with Crippen molar-refractivity contribution in [3.63, 3.8) is 0 Å². The van der Waals surface area contributed by atoms with Crippen LogP contribution in [0.2, 0.25) is 0 Å². The predicted molar refractivity (Wildman–Crippen MR) is 81.7 cm³/mol. The van der Waals surface area contributed by atoms with Gasteiger partial charge in [0.1, 0.15) is 5.82 Å². The molecule has 0 spiro atoms. The van der Waals surface area contributed by atoms with Crippen molar-refractivity contribution in [1.82, 2.24) is 14.9 Å². The monoisotopic (exact) mass is 283 g/mol. The Labute approximate surface area is 123 Å². The van der Waals surface area contributed by atoms with Crippen LogP contribution in [0.4, 0.5) is 4.39 Å². The fourth-order valence-electron chi connectivity index (χ4n) is 2.51. The smallest absolute Gasteiger partial charge is 0.123 e. The first kappa shape index (κ1) is 13.8. The SMILES string of the molecule is Cc1cc(F)ccc1CCNCc1cnn2ccccc12. The molecule has 3 nitrogen and oxygen atoms in total. The molecule has 1 aromatic carbocycles. The van der Waals surface area contributed by atoms with Crippen molar-refractivity contribution in [2.24, 2.45) is 0 Å². The van der Waals surface area contributed by atoms with E-state index in [2.05, 4.69) is 16.5 Å². The minimum atomic E-state index is -0.171. The van der Waals surface area contributed by atoms with E-state index in [4.69, 9.17) is 0 Å². The van der Waals surface area contributed by atoms with Gasteiger partial charge < -0.3 is 5.32 Å². The Morgan fingerprint density at radius 1 is 1.19 bits per heavy atom. The second-order valence-electron chi connectivity index (χ2n) is 5.20. The predicted octanol–water partition coefficient (Wildman–Crippen LogP) is 3.11. The molecule has 0 fully saturated rings. The average molecular weight is 283 g/mol. The number of benzene rings is 1. The summed E-state index contributed by atoms with van der Waals surface area (Å²) in [5.41, 5.74) is 4.51. The highest BCUT2D eigenvalue weighted by molar-refractivity contribution is 5.53. The van der Waals surface area contributed by atoms with E-state index in [1.165, 1.54) is 17.2 Å². The summed E-state index contributed by atoms with van der Waals surface area (Å²) in [5.74, 6) is -0.171. The summed E-state index contributed by atoms with van der Waals surface area (Å²) in [6.45, 7) is 3.59. The highest BCUT2D eigenvalue weighted by Gasteiger charge is 2.03. The lowest BCUT2D eigenvalue weighted by Gasteiger charge is -2.07. The molecule has 0 atom stereocenters. The molecule has 2 aromatic heterocycles. The van der Waals surface area contributed by atoms with E-state index in [9.17, 15) is 4.39 Å². The quantitative estimate of drug-likeness (QED) is 0.729. The lowest BCUT2D eigenvalue weighted by atomic mass is 10.1. The van der Waals surface area contributed by atoms with Crippen molar-refractivity contribution >= 4 is 5.52 Å². The first-order chi connectivity index (χ1) is 10.2. The number of pyridine rings is 1. The Kier molecular flexibility index (Phi) is 3.97. The van der Waals surface area contributed by atoms with E-state index in [0.29, 0.717) is 0 Å². The number of aryl methyl sites for hydroxylation is 1. The molecule has 3 aromatic rings. The number of nitrogens with zero attached hydrogens (tertiary/aromatic N) is 2. The first-order valence-corrected chi connectivity index (χ1v) is 7.11. The third-order valence-corrected chi connectivity index (χ3v) is 3.70. The molecule has 21 heavy (non-hydrogen) atoms. The van der Waals surface area contributed by atoms with Crippen LogP contribution in [0.1, 0.15) is 16.7 Å². The molecule has 0 saturated heterocycles. The number of nitrogens with one attached hydrogen (secondary N) is 1. The molecule has 1 N–H and O–H groups in total. The summed E-state index contributed by atoms with van der Waals surface area (Å²) in [4.78, 5) is 0. The number of aromatic nitrogens is 2. The highest BCUT2D eigenvalue weighted by Crippen LogP contribution is 2.11. The van der Waals surface area contributed by atoms with Gasteiger partial charge in [-0.1, -0.05) is 12.1 Å². The van der Waals surface area contributed by atoms with Crippen LogP contribution in [0, 0.1) is 12.7 Å². The molecule has 108 valence electrons. The van der Waals surface area contributed by atoms with Gasteiger partial charge in [0.2, 0.25) is 0 Å². The zero-order valence-corrected chi connectivity index (χ0v) is 12.0. The summed E-state index contributed by atoms with van der Waals surface area (Å²) in [6, 6.07) is 11.0. The van der Waals surface area contributed by atoms with Gasteiger partial charge in [0.05, 0.1) is 11.7 Å². The Balaban J connectivity index is 1.57. The van der Waals surface area contributed by atoms with Gasteiger partial charge in [-0.25, -0.2) is 8.91 Å². The fraction of sp³-hybridized carbons (Fsp3) is 0.235. The number of hydrogen-bond donors (Lipinski definition) is 1. The zero-order chi connectivity index (χ0) is 14.7. The number of hydrogen-bond acceptors (Lipinski definition) is 2. The lowest BCUT2D eigenvalue weighted by Crippen LogP contribution is -2.17. The van der Waals surface area contributed by atoms with Gasteiger partial charge >= 0.3 is 0 Å². The maximum absolute atomic E-state index is 13.0. The largest absolute Gasteiger partial charge is 0.312 e. The van der Waals surface area contributed by atoms with Gasteiger partial charge in [-0.2, -0.15) is 5.10 Å². The molecular formula is C17H18FN3. The second-order valence-corrected chi connectivity index (χ2v) is 5.20. The Morgan fingerprint density at radius 3 is 2.95 bits per heavy atom. The van der Waals surface area contributed by atoms with Crippen LogP contribution in [0.15, 0.2) is 48.8 Å². The highest BCUT2D eigenvalue weighted by atomic mass is 19.1. The van der Waals surface area contributed by atoms with Crippen molar-refractivity contribution in [3.8, 4) is 0 Å². The summed E-state index contributed by atoms with van der Waals surface area (Å²) in [7, 11) is 0. The van der Waals surface area contributed by atoms with Gasteiger partial charge in [0, 0.05) is 18.3 Å². The van der Waals surface area contributed by atoms with Crippen LogP contribution in [0.5, 0.6) is 0 Å². The summed E-state index contributed by atoms with van der Waals surface area (Å²) >= 11 is 0. The van der Waals surface area contributed by atoms with Crippen LogP contribution in [0.25, 0.3) is 5.52 Å². The van der Waals surface area contributed by atoms with E-state index < -0.39 is 0 Å². The van der Waals surface area contributed by atoms with Crippen LogP contribution in [-0.2, 0) is 13.0 Å². The van der Waals surface area contributed by atoms with E-state index in [1.54, 1.807) is 6.07 Å². The minimum Gasteiger partial charge on any atom is -0.312 e. The molecule has 0 unspecified atom stereocenters. The molecule has 0 aliphatic rings. The summed E-state index contributed by atoms with van der Waals surface area (Å²) in [6.07, 6.45) is 4.73. The Bertz CT molecular complexity index is 749. The summed E-state index contributed by atoms with van der Waals surface area (Å²) < 4.78 is 14.9. The molecule has 0 saturated carbocycles. The number of halogens is 1. The van der Waals surface area contributed by atoms with E-state index in [1.807, 2.05) is 42.0 Å². The third-order valence-electron chi connectivity index (χ3n) is 3.70. The van der Waals surface area contributed by atoms with Gasteiger partial charge in [-0.3, -0.25) is 0 Å². The lowest BCUT2D eigenvalue weighted by molar-refractivity contribution is 0.624. The molecular weight excluding hydrogens is 265 g/mol. The van der Waals surface area contributed by atoms with Crippen molar-refractivity contribution in [3.05, 3.63) is 71.3 Å². The molecule has 0 aliphatic heterocycles. The Hall–Kier alpha value is -2.20. The number of rotatable bonds is 5. The van der Waals surface area contributed by atoms with Crippen molar-refractivity contribution in [1.29, 1.82) is 0 Å². The Morgan fingerprint density at radius 2 is 2.10 bits per heavy atom. The molecule has 2 heterocycles. The maximum Gasteiger partial charge on any atom is 0.123 e. The van der Waals surface area contributed by atoms with E-state index >= 15 is 0 Å². The molecule has 3 rings (SSSR count). The fourth-order valence-corrected chi connectivity index (χ4v) is 2.51. The molecule has 0 aliphatic carbocycles. The zero-order valence-electron chi connectivity index (χ0n) is 12.0. The van der Waals surface area contributed by atoms with Gasteiger partial charge in [0.15, 0.2) is 0 Å². The van der Waals surface area contributed by atoms with Gasteiger partial charge in [-0.15, -0.1) is 0 Å². The second kappa shape index (κ2) is 6.06. The van der Waals surface area contributed by atoms with E-state index in [0.717, 1.165) is 30.6 Å². The molecule has 4 heteroatoms. The number of fused-ring (bicyclic) bond motifs is 1. The van der Waals surface area contributed by atoms with Crippen molar-refractivity contribution in [2.45, 2.75) is 19.9 Å². The standard InChI is InChI=1S/C17H18FN3/c1-13-10-16(18)6-5-14(13)7-8-19-11-15-12-20-21-9-3-2-4-17(15)21/h2-6,9-10,12,19H,7-8,11H2,1H3. The normalized spacial score (nSPS) is 11.1. The average Bonchev–Trinajstić information content (AvgIpc) is 2.89. The van der Waals surface area contributed by atoms with Crippen LogP contribution in [-0.4, -0.2) is 16.2 Å². The minimum absolute atomic E-state index is 0.171. The third kappa shape index (κ3) is 3.11. The van der Waals surface area contributed by atoms with Crippen LogP contribution < -0.4 is 5.32 Å². The molecule has 0 bridgehead atoms. The van der Waals surface area contributed by atoms with Crippen LogP contribution in [0.3, 0.4) is 0 Å². The molecule has 0 amide bonds. The maximum atomic E-state index is 13.0. The van der Waals surface area contributed by atoms with Crippen molar-refractivity contribution in [2.75, 3.05) is 6.54 Å².